The Morgan fingerprint density at radius 3 is 2.29 bits per heavy atom. The molecule has 9 heteroatoms. The van der Waals surface area contributed by atoms with Gasteiger partial charge in [-0.25, -0.2) is 18.4 Å². The molecular formula is C19H23N3O5S. The summed E-state index contributed by atoms with van der Waals surface area (Å²) < 4.78 is 27.6. The molecule has 0 aliphatic heterocycles. The van der Waals surface area contributed by atoms with Crippen LogP contribution in [0.3, 0.4) is 0 Å². The molecule has 0 heterocycles. The number of sulfonamides is 1. The first kappa shape index (κ1) is 21.4. The van der Waals surface area contributed by atoms with Crippen LogP contribution in [0.4, 0.5) is 10.5 Å². The Bertz CT molecular complexity index is 899. The maximum absolute atomic E-state index is 12.2. The number of urea groups is 1. The van der Waals surface area contributed by atoms with Gasteiger partial charge in [-0.1, -0.05) is 30.3 Å². The van der Waals surface area contributed by atoms with E-state index >= 15 is 0 Å². The Hall–Kier alpha value is -2.91. The van der Waals surface area contributed by atoms with E-state index in [1.165, 1.54) is 24.3 Å². The van der Waals surface area contributed by atoms with Crippen LogP contribution in [0.15, 0.2) is 59.5 Å². The topological polar surface area (TPSA) is 128 Å². The largest absolute Gasteiger partial charge is 0.466 e. The van der Waals surface area contributed by atoms with E-state index in [4.69, 9.17) is 9.88 Å². The number of nitrogens with one attached hydrogen (secondary N) is 2. The highest BCUT2D eigenvalue weighted by Crippen LogP contribution is 2.13. The third-order valence-corrected chi connectivity index (χ3v) is 4.82. The minimum absolute atomic E-state index is 0.0521. The van der Waals surface area contributed by atoms with Gasteiger partial charge in [0.15, 0.2) is 0 Å². The molecule has 150 valence electrons. The van der Waals surface area contributed by atoms with Crippen LogP contribution < -0.4 is 15.8 Å². The summed E-state index contributed by atoms with van der Waals surface area (Å²) in [6.45, 7) is 2.07. The van der Waals surface area contributed by atoms with Gasteiger partial charge in [0.1, 0.15) is 0 Å². The Kier molecular flexibility index (Phi) is 7.53. The molecule has 0 aliphatic carbocycles. The van der Waals surface area contributed by atoms with Gasteiger partial charge in [-0.15, -0.1) is 0 Å². The van der Waals surface area contributed by atoms with Crippen LogP contribution in [0.2, 0.25) is 0 Å². The van der Waals surface area contributed by atoms with Crippen molar-refractivity contribution in [3.05, 3.63) is 60.2 Å². The van der Waals surface area contributed by atoms with Crippen LogP contribution in [0.25, 0.3) is 0 Å². The van der Waals surface area contributed by atoms with Crippen molar-refractivity contribution in [2.75, 3.05) is 18.5 Å². The lowest BCUT2D eigenvalue weighted by Crippen LogP contribution is -2.37. The second kappa shape index (κ2) is 9.86. The summed E-state index contributed by atoms with van der Waals surface area (Å²) >= 11 is 0. The minimum atomic E-state index is -3.79. The predicted octanol–water partition coefficient (Wildman–Crippen LogP) is 1.88. The molecule has 2 rings (SSSR count). The van der Waals surface area contributed by atoms with E-state index in [-0.39, 0.29) is 24.0 Å². The SMILES string of the molecule is CCOC(=O)C(CNC(=O)Nc1ccc(S(N)(=O)=O)cc1)Cc1ccccc1. The molecule has 0 aliphatic rings. The van der Waals surface area contributed by atoms with Crippen molar-refractivity contribution in [3.8, 4) is 0 Å². The van der Waals surface area contributed by atoms with Crippen LogP contribution in [-0.4, -0.2) is 33.6 Å². The van der Waals surface area contributed by atoms with E-state index in [2.05, 4.69) is 10.6 Å². The summed E-state index contributed by atoms with van der Waals surface area (Å²) in [5.74, 6) is -0.915. The van der Waals surface area contributed by atoms with Crippen LogP contribution in [0.5, 0.6) is 0 Å². The van der Waals surface area contributed by atoms with Crippen molar-refractivity contribution in [2.45, 2.75) is 18.2 Å². The fraction of sp³-hybridized carbons (Fsp3) is 0.263. The molecule has 0 saturated carbocycles. The van der Waals surface area contributed by atoms with Gasteiger partial charge >= 0.3 is 12.0 Å². The normalized spacial score (nSPS) is 12.1. The zero-order valence-electron chi connectivity index (χ0n) is 15.4. The van der Waals surface area contributed by atoms with E-state index in [0.29, 0.717) is 12.1 Å². The second-order valence-corrected chi connectivity index (χ2v) is 7.60. The van der Waals surface area contributed by atoms with Crippen LogP contribution in [0.1, 0.15) is 12.5 Å². The fourth-order valence-corrected chi connectivity index (χ4v) is 3.03. The number of primary sulfonamides is 1. The monoisotopic (exact) mass is 405 g/mol. The summed E-state index contributed by atoms with van der Waals surface area (Å²) in [5.41, 5.74) is 1.35. The number of anilines is 1. The van der Waals surface area contributed by atoms with E-state index < -0.39 is 22.0 Å². The molecule has 4 N–H and O–H groups in total. The number of benzene rings is 2. The average molecular weight is 405 g/mol. The highest BCUT2D eigenvalue weighted by Gasteiger charge is 2.21. The van der Waals surface area contributed by atoms with Crippen LogP contribution in [-0.2, 0) is 26.0 Å². The first-order valence-corrected chi connectivity index (χ1v) is 10.2. The standard InChI is InChI=1S/C19H23N3O5S/c1-2-27-18(23)15(12-14-6-4-3-5-7-14)13-21-19(24)22-16-8-10-17(11-9-16)28(20,25)26/h3-11,15H,2,12-13H2,1H3,(H2,20,25,26)(H2,21,22,24). The summed E-state index contributed by atoms with van der Waals surface area (Å²) in [4.78, 5) is 24.2. The molecule has 0 bridgehead atoms. The lowest BCUT2D eigenvalue weighted by atomic mass is 9.99. The maximum atomic E-state index is 12.2. The van der Waals surface area contributed by atoms with Gasteiger partial charge in [-0.3, -0.25) is 4.79 Å². The number of carbonyl (C=O) groups excluding carboxylic acids is 2. The Morgan fingerprint density at radius 1 is 1.07 bits per heavy atom. The summed E-state index contributed by atoms with van der Waals surface area (Å²) in [6.07, 6.45) is 0.434. The van der Waals surface area contributed by atoms with Crippen molar-refractivity contribution >= 4 is 27.7 Å². The number of hydrogen-bond acceptors (Lipinski definition) is 5. The molecule has 0 radical (unpaired) electrons. The summed E-state index contributed by atoms with van der Waals surface area (Å²) in [6, 6.07) is 14.4. The highest BCUT2D eigenvalue weighted by atomic mass is 32.2. The number of carbonyl (C=O) groups is 2. The molecule has 2 amide bonds. The molecule has 0 aromatic heterocycles. The van der Waals surface area contributed by atoms with Gasteiger partial charge in [0.2, 0.25) is 10.0 Å². The van der Waals surface area contributed by atoms with Gasteiger partial charge in [0.25, 0.3) is 0 Å². The van der Waals surface area contributed by atoms with E-state index in [9.17, 15) is 18.0 Å². The van der Waals surface area contributed by atoms with Gasteiger partial charge in [0, 0.05) is 12.2 Å². The number of rotatable bonds is 8. The average Bonchev–Trinajstić information content (AvgIpc) is 2.66. The smallest absolute Gasteiger partial charge is 0.319 e. The fourth-order valence-electron chi connectivity index (χ4n) is 2.52. The molecule has 8 nitrogen and oxygen atoms in total. The Morgan fingerprint density at radius 2 is 1.71 bits per heavy atom. The quantitative estimate of drug-likeness (QED) is 0.578. The van der Waals surface area contributed by atoms with E-state index in [1.54, 1.807) is 6.92 Å². The Labute approximate surface area is 164 Å². The predicted molar refractivity (Wildman–Crippen MR) is 105 cm³/mol. The van der Waals surface area contributed by atoms with Crippen molar-refractivity contribution in [1.82, 2.24) is 5.32 Å². The molecular weight excluding hydrogens is 382 g/mol. The summed E-state index contributed by atoms with van der Waals surface area (Å²) in [5, 5.41) is 10.2. The molecule has 2 aromatic rings. The van der Waals surface area contributed by atoms with E-state index in [1.807, 2.05) is 30.3 Å². The van der Waals surface area contributed by atoms with Crippen molar-refractivity contribution in [1.29, 1.82) is 0 Å². The highest BCUT2D eigenvalue weighted by molar-refractivity contribution is 7.89. The zero-order chi connectivity index (χ0) is 20.6. The van der Waals surface area contributed by atoms with Crippen LogP contribution in [0, 0.1) is 5.92 Å². The van der Waals surface area contributed by atoms with Gasteiger partial charge < -0.3 is 15.4 Å². The summed E-state index contributed by atoms with van der Waals surface area (Å²) in [7, 11) is -3.79. The molecule has 28 heavy (non-hydrogen) atoms. The van der Waals surface area contributed by atoms with Crippen molar-refractivity contribution in [3.63, 3.8) is 0 Å². The zero-order valence-corrected chi connectivity index (χ0v) is 16.2. The van der Waals surface area contributed by atoms with E-state index in [0.717, 1.165) is 5.56 Å². The molecule has 0 spiro atoms. The third kappa shape index (κ3) is 6.67. The molecule has 1 unspecified atom stereocenters. The molecule has 0 fully saturated rings. The number of amides is 2. The number of nitrogens with two attached hydrogens (primary N) is 1. The molecule has 0 saturated heterocycles. The Balaban J connectivity index is 1.95. The van der Waals surface area contributed by atoms with Crippen molar-refractivity contribution < 1.29 is 22.7 Å². The lowest BCUT2D eigenvalue weighted by Gasteiger charge is -2.17. The number of ether oxygens (including phenoxy) is 1. The third-order valence-electron chi connectivity index (χ3n) is 3.89. The minimum Gasteiger partial charge on any atom is -0.466 e. The number of esters is 1. The second-order valence-electron chi connectivity index (χ2n) is 6.04. The molecule has 2 aromatic carbocycles. The van der Waals surface area contributed by atoms with Gasteiger partial charge in [-0.05, 0) is 43.2 Å². The van der Waals surface area contributed by atoms with Crippen LogP contribution >= 0.6 is 0 Å². The van der Waals surface area contributed by atoms with Gasteiger partial charge in [-0.2, -0.15) is 0 Å². The lowest BCUT2D eigenvalue weighted by molar-refractivity contribution is -0.147. The van der Waals surface area contributed by atoms with Crippen molar-refractivity contribution in [2.24, 2.45) is 11.1 Å². The van der Waals surface area contributed by atoms with Gasteiger partial charge in [0.05, 0.1) is 17.4 Å². The maximum Gasteiger partial charge on any atom is 0.319 e. The first-order valence-electron chi connectivity index (χ1n) is 8.68. The first-order chi connectivity index (χ1) is 13.3. The number of hydrogen-bond donors (Lipinski definition) is 3. The molecule has 1 atom stereocenters.